The Kier molecular flexibility index (Phi) is 4.17. The van der Waals surface area contributed by atoms with E-state index in [1.807, 2.05) is 26.0 Å². The van der Waals surface area contributed by atoms with Gasteiger partial charge in [-0.1, -0.05) is 25.1 Å². The largest absolute Gasteiger partial charge is 0.343 e. The highest BCUT2D eigenvalue weighted by atomic mass is 16.2. The second-order valence-electron chi connectivity index (χ2n) is 4.98. The normalized spacial score (nSPS) is 12.3. The summed E-state index contributed by atoms with van der Waals surface area (Å²) >= 11 is 0. The number of carbonyl (C=O) groups is 1. The second-order valence-corrected chi connectivity index (χ2v) is 4.98. The molecule has 1 amide bonds. The Bertz CT molecular complexity index is 678. The molecule has 1 aromatic heterocycles. The molecular formula is C15H19N3O2. The summed E-state index contributed by atoms with van der Waals surface area (Å²) in [6.07, 6.45) is 1.10. The van der Waals surface area contributed by atoms with Gasteiger partial charge in [-0.3, -0.25) is 9.59 Å². The van der Waals surface area contributed by atoms with E-state index in [2.05, 4.69) is 10.2 Å². The maximum Gasteiger partial charge on any atom is 0.272 e. The van der Waals surface area contributed by atoms with Gasteiger partial charge in [0.2, 0.25) is 5.91 Å². The van der Waals surface area contributed by atoms with Crippen LogP contribution in [0.2, 0.25) is 0 Å². The van der Waals surface area contributed by atoms with Gasteiger partial charge < -0.3 is 4.90 Å². The summed E-state index contributed by atoms with van der Waals surface area (Å²) < 4.78 is 0. The highest BCUT2D eigenvalue weighted by Gasteiger charge is 2.17. The number of likely N-dealkylation sites (N-methyl/N-ethyl adjacent to an activating group) is 1. The lowest BCUT2D eigenvalue weighted by Gasteiger charge is -2.23. The van der Waals surface area contributed by atoms with Crippen LogP contribution in [0.25, 0.3) is 10.8 Å². The molecule has 0 saturated heterocycles. The van der Waals surface area contributed by atoms with E-state index in [-0.39, 0.29) is 23.9 Å². The van der Waals surface area contributed by atoms with Crippen molar-refractivity contribution in [2.24, 2.45) is 0 Å². The van der Waals surface area contributed by atoms with E-state index in [0.717, 1.165) is 11.8 Å². The van der Waals surface area contributed by atoms with Crippen LogP contribution in [0.4, 0.5) is 0 Å². The van der Waals surface area contributed by atoms with Crippen LogP contribution < -0.4 is 5.56 Å². The Labute approximate surface area is 117 Å². The average molecular weight is 273 g/mol. The fourth-order valence-electron chi connectivity index (χ4n) is 2.09. The van der Waals surface area contributed by atoms with E-state index in [9.17, 15) is 9.59 Å². The summed E-state index contributed by atoms with van der Waals surface area (Å²) in [5.74, 6) is 0.00375. The lowest BCUT2D eigenvalue weighted by Crippen LogP contribution is -2.36. The number of rotatable bonds is 4. The van der Waals surface area contributed by atoms with Crippen molar-refractivity contribution in [2.75, 3.05) is 7.05 Å². The van der Waals surface area contributed by atoms with Gasteiger partial charge in [0, 0.05) is 18.5 Å². The summed E-state index contributed by atoms with van der Waals surface area (Å²) in [5, 5.41) is 7.79. The molecule has 0 aliphatic heterocycles. The van der Waals surface area contributed by atoms with Crippen molar-refractivity contribution in [1.29, 1.82) is 0 Å². The summed E-state index contributed by atoms with van der Waals surface area (Å²) in [4.78, 5) is 25.7. The summed E-state index contributed by atoms with van der Waals surface area (Å²) in [6, 6.07) is 7.40. The van der Waals surface area contributed by atoms with E-state index in [1.165, 1.54) is 0 Å². The van der Waals surface area contributed by atoms with Gasteiger partial charge in [0.05, 0.1) is 17.5 Å². The topological polar surface area (TPSA) is 66.1 Å². The van der Waals surface area contributed by atoms with Crippen LogP contribution in [0.3, 0.4) is 0 Å². The van der Waals surface area contributed by atoms with Crippen LogP contribution >= 0.6 is 0 Å². The maximum absolute atomic E-state index is 12.2. The first-order valence-corrected chi connectivity index (χ1v) is 6.76. The number of amides is 1. The molecule has 0 fully saturated rings. The second kappa shape index (κ2) is 5.86. The third kappa shape index (κ3) is 2.71. The van der Waals surface area contributed by atoms with E-state index in [4.69, 9.17) is 0 Å². The van der Waals surface area contributed by atoms with E-state index in [0.29, 0.717) is 11.1 Å². The van der Waals surface area contributed by atoms with Gasteiger partial charge in [-0.25, -0.2) is 5.10 Å². The first-order chi connectivity index (χ1) is 9.54. The summed E-state index contributed by atoms with van der Waals surface area (Å²) in [6.45, 7) is 4.05. The number of nitrogens with zero attached hydrogens (tertiary/aromatic N) is 2. The summed E-state index contributed by atoms with van der Waals surface area (Å²) in [7, 11) is 1.80. The molecule has 5 nitrogen and oxygen atoms in total. The minimum absolute atomic E-state index is 0.00375. The Morgan fingerprint density at radius 2 is 2.00 bits per heavy atom. The molecular weight excluding hydrogens is 254 g/mol. The fraction of sp³-hybridized carbons (Fsp3) is 0.400. The zero-order valence-electron chi connectivity index (χ0n) is 12.0. The van der Waals surface area contributed by atoms with E-state index in [1.54, 1.807) is 24.1 Å². The molecule has 1 atom stereocenters. The molecule has 0 saturated carbocycles. The number of fused-ring (bicyclic) bond motifs is 1. The highest BCUT2D eigenvalue weighted by molar-refractivity contribution is 5.88. The van der Waals surface area contributed by atoms with Gasteiger partial charge in [0.1, 0.15) is 0 Å². The molecule has 2 aromatic rings. The summed E-state index contributed by atoms with van der Waals surface area (Å²) in [5.41, 5.74) is 0.382. The van der Waals surface area contributed by atoms with Crippen LogP contribution in [0.5, 0.6) is 0 Å². The van der Waals surface area contributed by atoms with Crippen LogP contribution in [-0.2, 0) is 11.2 Å². The number of carbonyl (C=O) groups excluding carboxylic acids is 1. The molecule has 5 heteroatoms. The quantitative estimate of drug-likeness (QED) is 0.922. The minimum Gasteiger partial charge on any atom is -0.343 e. The van der Waals surface area contributed by atoms with E-state index >= 15 is 0 Å². The highest BCUT2D eigenvalue weighted by Crippen LogP contribution is 2.14. The van der Waals surface area contributed by atoms with Crippen LogP contribution in [-0.4, -0.2) is 34.1 Å². The maximum atomic E-state index is 12.2. The van der Waals surface area contributed by atoms with Gasteiger partial charge in [-0.15, -0.1) is 0 Å². The number of benzene rings is 1. The standard InChI is InChI=1S/C15H19N3O2/c1-4-10(2)18(3)14(19)9-13-11-7-5-6-8-12(11)15(20)17-16-13/h5-8,10H,4,9H2,1-3H3,(H,17,20). The number of aromatic amines is 1. The molecule has 106 valence electrons. The third-order valence-corrected chi connectivity index (χ3v) is 3.74. The van der Waals surface area contributed by atoms with Crippen molar-refractivity contribution in [3.8, 4) is 0 Å². The minimum atomic E-state index is -0.230. The van der Waals surface area contributed by atoms with Gasteiger partial charge in [-0.2, -0.15) is 5.10 Å². The number of hydrogen-bond donors (Lipinski definition) is 1. The van der Waals surface area contributed by atoms with Crippen molar-refractivity contribution in [3.05, 3.63) is 40.3 Å². The zero-order chi connectivity index (χ0) is 14.7. The molecule has 1 aromatic carbocycles. The number of hydrogen-bond acceptors (Lipinski definition) is 3. The van der Waals surface area contributed by atoms with Crippen LogP contribution in [0, 0.1) is 0 Å². The van der Waals surface area contributed by atoms with E-state index < -0.39 is 0 Å². The van der Waals surface area contributed by atoms with Crippen molar-refractivity contribution in [1.82, 2.24) is 15.1 Å². The first-order valence-electron chi connectivity index (χ1n) is 6.76. The van der Waals surface area contributed by atoms with Crippen molar-refractivity contribution in [3.63, 3.8) is 0 Å². The molecule has 1 heterocycles. The fourth-order valence-corrected chi connectivity index (χ4v) is 2.09. The van der Waals surface area contributed by atoms with Gasteiger partial charge >= 0.3 is 0 Å². The van der Waals surface area contributed by atoms with Crippen LogP contribution in [0.1, 0.15) is 26.0 Å². The Morgan fingerprint density at radius 1 is 1.35 bits per heavy atom. The van der Waals surface area contributed by atoms with Crippen molar-refractivity contribution < 1.29 is 4.79 Å². The number of nitrogens with one attached hydrogen (secondary N) is 1. The first kappa shape index (κ1) is 14.2. The molecule has 1 unspecified atom stereocenters. The third-order valence-electron chi connectivity index (χ3n) is 3.74. The lowest BCUT2D eigenvalue weighted by molar-refractivity contribution is -0.131. The molecule has 0 aliphatic rings. The molecule has 20 heavy (non-hydrogen) atoms. The van der Waals surface area contributed by atoms with Gasteiger partial charge in [0.25, 0.3) is 5.56 Å². The Balaban J connectivity index is 2.33. The smallest absolute Gasteiger partial charge is 0.272 e. The van der Waals surface area contributed by atoms with Crippen molar-refractivity contribution >= 4 is 16.7 Å². The zero-order valence-corrected chi connectivity index (χ0v) is 12.0. The average Bonchev–Trinajstić information content (AvgIpc) is 2.48. The molecule has 1 N–H and O–H groups in total. The number of aromatic nitrogens is 2. The monoisotopic (exact) mass is 273 g/mol. The predicted molar refractivity (Wildman–Crippen MR) is 78.6 cm³/mol. The predicted octanol–water partition coefficient (Wildman–Crippen LogP) is 1.72. The number of H-pyrrole nitrogens is 1. The lowest BCUT2D eigenvalue weighted by atomic mass is 10.1. The van der Waals surface area contributed by atoms with Crippen LogP contribution in [0.15, 0.2) is 29.1 Å². The SMILES string of the molecule is CCC(C)N(C)C(=O)Cc1n[nH]c(=O)c2ccccc12. The molecule has 0 spiro atoms. The van der Waals surface area contributed by atoms with Crippen molar-refractivity contribution in [2.45, 2.75) is 32.7 Å². The Morgan fingerprint density at radius 3 is 2.65 bits per heavy atom. The molecule has 0 bridgehead atoms. The molecule has 0 aliphatic carbocycles. The molecule has 0 radical (unpaired) electrons. The Hall–Kier alpha value is -2.17. The van der Waals surface area contributed by atoms with Gasteiger partial charge in [0.15, 0.2) is 0 Å². The molecule has 2 rings (SSSR count). The van der Waals surface area contributed by atoms with Gasteiger partial charge in [-0.05, 0) is 19.4 Å².